The zero-order valence-corrected chi connectivity index (χ0v) is 16.3. The van der Waals surface area contributed by atoms with E-state index in [2.05, 4.69) is 13.8 Å². The van der Waals surface area contributed by atoms with Gasteiger partial charge in [0, 0.05) is 25.7 Å². The lowest BCUT2D eigenvalue weighted by Crippen LogP contribution is -2.46. The summed E-state index contributed by atoms with van der Waals surface area (Å²) in [6.07, 6.45) is 16.2. The Morgan fingerprint density at radius 2 is 0.957 bits per heavy atom. The minimum Gasteiger partial charge on any atom is -0.324 e. The maximum Gasteiger partial charge on any atom is 0.0788 e. The van der Waals surface area contributed by atoms with Crippen LogP contribution in [-0.4, -0.2) is 61.3 Å². The van der Waals surface area contributed by atoms with Gasteiger partial charge < -0.3 is 8.97 Å². The van der Waals surface area contributed by atoms with E-state index in [1.807, 2.05) is 0 Å². The fraction of sp³-hybridized carbons (Fsp3) is 1.00. The van der Waals surface area contributed by atoms with Crippen LogP contribution in [0.1, 0.15) is 84.5 Å². The first kappa shape index (κ1) is 19.2. The van der Waals surface area contributed by atoms with Gasteiger partial charge in [0.15, 0.2) is 0 Å². The largest absolute Gasteiger partial charge is 0.324 e. The van der Waals surface area contributed by atoms with Crippen molar-refractivity contribution >= 4 is 0 Å². The molecule has 0 saturated carbocycles. The van der Waals surface area contributed by atoms with Crippen molar-refractivity contribution in [1.82, 2.24) is 0 Å². The van der Waals surface area contributed by atoms with E-state index in [1.54, 1.807) is 0 Å². The summed E-state index contributed by atoms with van der Waals surface area (Å²) in [6.45, 7) is 16.4. The highest BCUT2D eigenvalue weighted by atomic mass is 15.4. The van der Waals surface area contributed by atoms with Crippen LogP contribution in [0.25, 0.3) is 0 Å². The van der Waals surface area contributed by atoms with Crippen LogP contribution in [-0.2, 0) is 0 Å². The molecule has 2 aliphatic heterocycles. The first-order chi connectivity index (χ1) is 11.2. The van der Waals surface area contributed by atoms with Crippen LogP contribution in [0.4, 0.5) is 0 Å². The molecule has 23 heavy (non-hydrogen) atoms. The number of hydrogen-bond acceptors (Lipinski definition) is 0. The summed E-state index contributed by atoms with van der Waals surface area (Å²) in [5, 5.41) is 0. The van der Waals surface area contributed by atoms with Gasteiger partial charge in [-0.05, 0) is 39.0 Å². The third-order valence-electron chi connectivity index (χ3n) is 6.95. The quantitative estimate of drug-likeness (QED) is 0.351. The molecule has 2 saturated heterocycles. The summed E-state index contributed by atoms with van der Waals surface area (Å²) < 4.78 is 2.92. The lowest BCUT2D eigenvalue weighted by Gasteiger charge is -2.34. The van der Waals surface area contributed by atoms with E-state index < -0.39 is 0 Å². The number of likely N-dealkylation sites (tertiary alicyclic amines) is 2. The maximum absolute atomic E-state index is 2.40. The van der Waals surface area contributed by atoms with Crippen LogP contribution in [0, 0.1) is 0 Å². The Bertz CT molecular complexity index is 301. The molecule has 2 fully saturated rings. The average Bonchev–Trinajstić information content (AvgIpc) is 3.23. The van der Waals surface area contributed by atoms with Gasteiger partial charge in [-0.1, -0.05) is 19.8 Å². The number of rotatable bonds is 12. The molecule has 2 nitrogen and oxygen atoms in total. The van der Waals surface area contributed by atoms with Crippen molar-refractivity contribution in [3.05, 3.63) is 0 Å². The molecular weight excluding hydrogens is 280 g/mol. The van der Waals surface area contributed by atoms with E-state index in [4.69, 9.17) is 0 Å². The van der Waals surface area contributed by atoms with E-state index in [9.17, 15) is 0 Å². The molecule has 0 bridgehead atoms. The first-order valence-corrected chi connectivity index (χ1v) is 10.9. The molecule has 0 amide bonds. The van der Waals surface area contributed by atoms with E-state index in [0.29, 0.717) is 0 Å². The number of quaternary nitrogens is 2. The zero-order chi connectivity index (χ0) is 16.4. The van der Waals surface area contributed by atoms with Gasteiger partial charge in [0.1, 0.15) is 0 Å². The summed E-state index contributed by atoms with van der Waals surface area (Å²) in [7, 11) is 0. The Kier molecular flexibility index (Phi) is 8.40. The molecular formula is C21H44N2+2. The van der Waals surface area contributed by atoms with Gasteiger partial charge in [-0.25, -0.2) is 0 Å². The van der Waals surface area contributed by atoms with Crippen LogP contribution in [0.2, 0.25) is 0 Å². The predicted octanol–water partition coefficient (Wildman–Crippen LogP) is 4.98. The second kappa shape index (κ2) is 10.0. The summed E-state index contributed by atoms with van der Waals surface area (Å²) in [5.74, 6) is 0. The summed E-state index contributed by atoms with van der Waals surface area (Å²) in [4.78, 5) is 0. The van der Waals surface area contributed by atoms with Crippen molar-refractivity contribution in [2.75, 3.05) is 52.4 Å². The van der Waals surface area contributed by atoms with Crippen molar-refractivity contribution in [3.63, 3.8) is 0 Å². The van der Waals surface area contributed by atoms with Gasteiger partial charge in [0.05, 0.1) is 52.4 Å². The molecule has 2 heterocycles. The summed E-state index contributed by atoms with van der Waals surface area (Å²) in [6, 6.07) is 0. The summed E-state index contributed by atoms with van der Waals surface area (Å²) >= 11 is 0. The average molecular weight is 325 g/mol. The highest BCUT2D eigenvalue weighted by Gasteiger charge is 2.30. The van der Waals surface area contributed by atoms with Gasteiger partial charge in [-0.15, -0.1) is 0 Å². The standard InChI is InChI=1S/C21H44N2/c1-3-5-15-23(20-13-14-21-23)19-10-8-6-7-9-16-22(4-2)17-11-12-18-22/h3-21H2,1-2H3/q+2. The molecule has 2 aliphatic rings. The molecule has 0 unspecified atom stereocenters. The molecule has 2 heteroatoms. The van der Waals surface area contributed by atoms with Crippen LogP contribution >= 0.6 is 0 Å². The third kappa shape index (κ3) is 6.05. The molecule has 136 valence electrons. The first-order valence-electron chi connectivity index (χ1n) is 10.9. The topological polar surface area (TPSA) is 0 Å². The van der Waals surface area contributed by atoms with Gasteiger partial charge in [-0.2, -0.15) is 0 Å². The summed E-state index contributed by atoms with van der Waals surface area (Å²) in [5.41, 5.74) is 0. The van der Waals surface area contributed by atoms with E-state index >= 15 is 0 Å². The normalized spacial score (nSPS) is 22.7. The van der Waals surface area contributed by atoms with Crippen LogP contribution in [0.3, 0.4) is 0 Å². The monoisotopic (exact) mass is 324 g/mol. The highest BCUT2D eigenvalue weighted by Crippen LogP contribution is 2.23. The minimum atomic E-state index is 1.37. The Morgan fingerprint density at radius 3 is 1.48 bits per heavy atom. The van der Waals surface area contributed by atoms with Gasteiger partial charge in [0.25, 0.3) is 0 Å². The predicted molar refractivity (Wildman–Crippen MR) is 102 cm³/mol. The fourth-order valence-electron chi connectivity index (χ4n) is 5.19. The number of hydrogen-bond donors (Lipinski definition) is 0. The zero-order valence-electron chi connectivity index (χ0n) is 16.3. The molecule has 0 N–H and O–H groups in total. The van der Waals surface area contributed by atoms with Crippen LogP contribution in [0.5, 0.6) is 0 Å². The minimum absolute atomic E-state index is 1.37. The SMILES string of the molecule is CCCC[N+]1(CCCCCCC[N+]2(CC)CCCC2)CCCC1. The Labute approximate surface area is 146 Å². The Morgan fingerprint density at radius 1 is 0.522 bits per heavy atom. The molecule has 0 aliphatic carbocycles. The van der Waals surface area contributed by atoms with Crippen LogP contribution in [0.15, 0.2) is 0 Å². The van der Waals surface area contributed by atoms with Crippen molar-refractivity contribution in [3.8, 4) is 0 Å². The van der Waals surface area contributed by atoms with Crippen molar-refractivity contribution in [1.29, 1.82) is 0 Å². The van der Waals surface area contributed by atoms with E-state index in [1.165, 1.54) is 132 Å². The molecule has 0 aromatic rings. The molecule has 0 atom stereocenters. The highest BCUT2D eigenvalue weighted by molar-refractivity contribution is 4.57. The van der Waals surface area contributed by atoms with Crippen molar-refractivity contribution in [2.24, 2.45) is 0 Å². The number of unbranched alkanes of at least 4 members (excludes halogenated alkanes) is 5. The van der Waals surface area contributed by atoms with E-state index in [-0.39, 0.29) is 0 Å². The van der Waals surface area contributed by atoms with Gasteiger partial charge in [-0.3, -0.25) is 0 Å². The second-order valence-corrected chi connectivity index (χ2v) is 8.60. The van der Waals surface area contributed by atoms with Crippen molar-refractivity contribution in [2.45, 2.75) is 84.5 Å². The molecule has 0 aromatic heterocycles. The van der Waals surface area contributed by atoms with Gasteiger partial charge in [0.2, 0.25) is 0 Å². The maximum atomic E-state index is 2.40. The Hall–Kier alpha value is -0.0800. The smallest absolute Gasteiger partial charge is 0.0788 e. The lowest BCUT2D eigenvalue weighted by atomic mass is 10.1. The van der Waals surface area contributed by atoms with Gasteiger partial charge >= 0.3 is 0 Å². The van der Waals surface area contributed by atoms with Crippen molar-refractivity contribution < 1.29 is 8.97 Å². The fourth-order valence-corrected chi connectivity index (χ4v) is 5.19. The Balaban J connectivity index is 1.53. The second-order valence-electron chi connectivity index (χ2n) is 8.60. The molecule has 0 aromatic carbocycles. The lowest BCUT2D eigenvalue weighted by molar-refractivity contribution is -0.917. The van der Waals surface area contributed by atoms with Crippen LogP contribution < -0.4 is 0 Å². The third-order valence-corrected chi connectivity index (χ3v) is 6.95. The molecule has 0 radical (unpaired) electrons. The molecule has 2 rings (SSSR count). The number of nitrogens with zero attached hydrogens (tertiary/aromatic N) is 2. The van der Waals surface area contributed by atoms with E-state index in [0.717, 1.165) is 0 Å². The molecule has 0 spiro atoms.